The van der Waals surface area contributed by atoms with E-state index in [1.165, 1.54) is 25.7 Å². The summed E-state index contributed by atoms with van der Waals surface area (Å²) in [5, 5.41) is -1.44. The lowest BCUT2D eigenvalue weighted by molar-refractivity contribution is -0.156. The summed E-state index contributed by atoms with van der Waals surface area (Å²) in [6.07, 6.45) is 11.1. The number of halogens is 6. The van der Waals surface area contributed by atoms with Gasteiger partial charge in [0, 0.05) is 0 Å². The molecular formula is C34H36Cl6O8. The van der Waals surface area contributed by atoms with Crippen LogP contribution in [0.1, 0.15) is 98.8 Å². The van der Waals surface area contributed by atoms with Crippen LogP contribution in [-0.4, -0.2) is 37.1 Å². The highest BCUT2D eigenvalue weighted by molar-refractivity contribution is 6.47. The number of rotatable bonds is 12. The van der Waals surface area contributed by atoms with Crippen molar-refractivity contribution in [1.82, 2.24) is 0 Å². The van der Waals surface area contributed by atoms with Gasteiger partial charge in [-0.25, -0.2) is 19.2 Å². The second kappa shape index (κ2) is 17.8. The van der Waals surface area contributed by atoms with Gasteiger partial charge in [-0.15, -0.1) is 0 Å². The van der Waals surface area contributed by atoms with Crippen molar-refractivity contribution in [2.24, 2.45) is 23.7 Å². The summed E-state index contributed by atoms with van der Waals surface area (Å²) in [5.74, 6) is -5.08. The first-order chi connectivity index (χ1) is 22.8. The van der Waals surface area contributed by atoms with E-state index in [0.29, 0.717) is 11.8 Å². The predicted octanol–water partition coefficient (Wildman–Crippen LogP) is 10.9. The zero-order valence-electron chi connectivity index (χ0n) is 26.5. The first kappa shape index (κ1) is 38.9. The van der Waals surface area contributed by atoms with Crippen LogP contribution in [0.2, 0.25) is 30.1 Å². The molecule has 8 nitrogen and oxygen atoms in total. The van der Waals surface area contributed by atoms with E-state index >= 15 is 0 Å². The van der Waals surface area contributed by atoms with Crippen molar-refractivity contribution < 1.29 is 38.1 Å². The van der Waals surface area contributed by atoms with E-state index in [9.17, 15) is 19.2 Å². The molecular weight excluding hydrogens is 749 g/mol. The fourth-order valence-corrected chi connectivity index (χ4v) is 7.78. The summed E-state index contributed by atoms with van der Waals surface area (Å²) in [6.45, 7) is 4.06. The van der Waals surface area contributed by atoms with Gasteiger partial charge in [-0.05, 0) is 48.6 Å². The maximum absolute atomic E-state index is 13.2. The summed E-state index contributed by atoms with van der Waals surface area (Å²) in [4.78, 5) is 52.4. The zero-order chi connectivity index (χ0) is 35.1. The normalized spacial score (nSPS) is 16.4. The van der Waals surface area contributed by atoms with Crippen molar-refractivity contribution >= 4 is 93.5 Å². The summed E-state index contributed by atoms with van der Waals surface area (Å²) >= 11 is 37.5. The van der Waals surface area contributed by atoms with Gasteiger partial charge in [-0.1, -0.05) is 135 Å². The monoisotopic (exact) mass is 782 g/mol. The molecule has 0 N–H and O–H groups in total. The molecule has 2 atom stereocenters. The lowest BCUT2D eigenvalue weighted by atomic mass is 9.95. The Morgan fingerprint density at radius 1 is 0.604 bits per heavy atom. The van der Waals surface area contributed by atoms with Gasteiger partial charge in [0.15, 0.2) is 11.5 Å². The Bertz CT molecular complexity index is 1420. The molecule has 14 heteroatoms. The highest BCUT2D eigenvalue weighted by atomic mass is 35.5. The minimum Gasteiger partial charge on any atom is -0.462 e. The van der Waals surface area contributed by atoms with Crippen molar-refractivity contribution in [1.29, 1.82) is 0 Å². The number of ether oxygens (including phenoxy) is 4. The third kappa shape index (κ3) is 10.1. The lowest BCUT2D eigenvalue weighted by Crippen LogP contribution is -2.27. The molecule has 0 radical (unpaired) electrons. The van der Waals surface area contributed by atoms with Crippen LogP contribution in [0.4, 0.5) is 0 Å². The van der Waals surface area contributed by atoms with Crippen LogP contribution in [0.15, 0.2) is 12.1 Å². The first-order valence-corrected chi connectivity index (χ1v) is 18.2. The average Bonchev–Trinajstić information content (AvgIpc) is 3.75. The van der Waals surface area contributed by atoms with Crippen molar-refractivity contribution in [2.75, 3.05) is 13.2 Å². The van der Waals surface area contributed by atoms with E-state index in [0.717, 1.165) is 50.7 Å². The molecule has 2 aromatic rings. The van der Waals surface area contributed by atoms with E-state index in [2.05, 4.69) is 0 Å². The van der Waals surface area contributed by atoms with E-state index in [1.807, 2.05) is 13.8 Å². The molecule has 2 aliphatic carbocycles. The maximum Gasteiger partial charge on any atom is 0.423 e. The van der Waals surface area contributed by atoms with Crippen LogP contribution in [0, 0.1) is 23.7 Å². The topological polar surface area (TPSA) is 105 Å². The number of carbonyl (C=O) groups excluding carboxylic acids is 4. The van der Waals surface area contributed by atoms with Gasteiger partial charge in [0.2, 0.25) is 0 Å². The number of esters is 4. The van der Waals surface area contributed by atoms with Crippen LogP contribution in [0.3, 0.4) is 0 Å². The Morgan fingerprint density at radius 3 is 1.27 bits per heavy atom. The number of benzene rings is 2. The van der Waals surface area contributed by atoms with Crippen LogP contribution in [0.25, 0.3) is 0 Å². The molecule has 48 heavy (non-hydrogen) atoms. The Labute approximate surface area is 309 Å². The molecule has 0 spiro atoms. The largest absolute Gasteiger partial charge is 0.462 e. The first-order valence-electron chi connectivity index (χ1n) is 15.9. The molecule has 0 aliphatic heterocycles. The van der Waals surface area contributed by atoms with Crippen molar-refractivity contribution in [3.8, 4) is 11.5 Å². The van der Waals surface area contributed by atoms with Crippen molar-refractivity contribution in [3.05, 3.63) is 53.4 Å². The molecule has 2 unspecified atom stereocenters. The summed E-state index contributed by atoms with van der Waals surface area (Å²) < 4.78 is 21.4. The van der Waals surface area contributed by atoms with Crippen LogP contribution in [0.5, 0.6) is 11.5 Å². The summed E-state index contributed by atoms with van der Waals surface area (Å²) in [6, 6.07) is 2.27. The van der Waals surface area contributed by atoms with Gasteiger partial charge in [0.1, 0.15) is 11.1 Å². The van der Waals surface area contributed by atoms with Crippen molar-refractivity contribution in [2.45, 2.75) is 78.1 Å². The Balaban J connectivity index is 1.48. The third-order valence-corrected chi connectivity index (χ3v) is 10.8. The summed E-state index contributed by atoms with van der Waals surface area (Å²) in [7, 11) is 0. The molecule has 0 heterocycles. The number of hydrogen-bond acceptors (Lipinski definition) is 8. The van der Waals surface area contributed by atoms with Gasteiger partial charge in [0.25, 0.3) is 0 Å². The molecule has 0 bridgehead atoms. The molecule has 0 aromatic heterocycles. The van der Waals surface area contributed by atoms with Crippen LogP contribution < -0.4 is 9.47 Å². The molecule has 2 aliphatic rings. The van der Waals surface area contributed by atoms with Gasteiger partial charge in [0.05, 0.1) is 43.3 Å². The zero-order valence-corrected chi connectivity index (χ0v) is 31.0. The molecule has 0 amide bonds. The molecule has 2 aromatic carbocycles. The fraction of sp³-hybridized carbons (Fsp3) is 0.529. The highest BCUT2D eigenvalue weighted by Crippen LogP contribution is 2.42. The molecule has 2 saturated carbocycles. The number of hydrogen-bond donors (Lipinski definition) is 0. The van der Waals surface area contributed by atoms with E-state index in [-0.39, 0.29) is 55.2 Å². The van der Waals surface area contributed by atoms with Gasteiger partial charge in [-0.2, -0.15) is 0 Å². The maximum atomic E-state index is 13.2. The quantitative estimate of drug-likeness (QED) is 0.0907. The van der Waals surface area contributed by atoms with E-state index in [4.69, 9.17) is 88.6 Å². The SMILES string of the molecule is CC(COC(=O)c1c(Cl)c(Cl)cc(Cl)c1OC(=O)C(=O)Oc1c(Cl)cc(Cl)c(Cl)c1C(=O)OCC(C)CC1CCCC1)CC1CCCC1. The minimum atomic E-state index is -1.63. The fourth-order valence-electron chi connectivity index (χ4n) is 6.34. The Kier molecular flexibility index (Phi) is 14.4. The summed E-state index contributed by atoms with van der Waals surface area (Å²) in [5.41, 5.74) is -0.904. The second-order valence-electron chi connectivity index (χ2n) is 12.7. The van der Waals surface area contributed by atoms with Crippen LogP contribution in [-0.2, 0) is 19.1 Å². The number of carbonyl (C=O) groups is 4. The van der Waals surface area contributed by atoms with Gasteiger partial charge >= 0.3 is 23.9 Å². The molecule has 2 fully saturated rings. The van der Waals surface area contributed by atoms with Gasteiger partial charge in [-0.3, -0.25) is 0 Å². The average molecular weight is 785 g/mol. The van der Waals surface area contributed by atoms with E-state index < -0.39 is 46.5 Å². The van der Waals surface area contributed by atoms with Gasteiger partial charge < -0.3 is 18.9 Å². The highest BCUT2D eigenvalue weighted by Gasteiger charge is 2.33. The molecule has 262 valence electrons. The van der Waals surface area contributed by atoms with Crippen molar-refractivity contribution in [3.63, 3.8) is 0 Å². The standard InChI is InChI=1S/C34H36Cl6O8/c1-17(11-19-7-3-4-8-19)15-45-31(41)25-27(39)21(35)13-23(37)29(25)47-33(43)34(44)48-30-24(38)14-22(36)28(40)26(30)32(42)46-16-18(2)12-20-9-5-6-10-20/h13-14,17-20H,3-12,15-16H2,1-2H3. The second-order valence-corrected chi connectivity index (χ2v) is 15.1. The smallest absolute Gasteiger partial charge is 0.423 e. The van der Waals surface area contributed by atoms with Crippen LogP contribution >= 0.6 is 69.6 Å². The molecule has 0 saturated heterocycles. The Hall–Kier alpha value is -1.94. The third-order valence-electron chi connectivity index (χ3n) is 8.64. The minimum absolute atomic E-state index is 0.0544. The Morgan fingerprint density at radius 2 is 0.938 bits per heavy atom. The predicted molar refractivity (Wildman–Crippen MR) is 186 cm³/mol. The molecule has 4 rings (SSSR count). The van der Waals surface area contributed by atoms with E-state index in [1.54, 1.807) is 0 Å². The lowest BCUT2D eigenvalue weighted by Gasteiger charge is -2.18.